The molecule has 0 aliphatic carbocycles. The first kappa shape index (κ1) is 18.2. The van der Waals surface area contributed by atoms with Crippen molar-refractivity contribution >= 4 is 35.0 Å². The van der Waals surface area contributed by atoms with Gasteiger partial charge in [-0.3, -0.25) is 9.36 Å². The number of carbonyl (C=O) groups is 1. The first-order valence-corrected chi connectivity index (χ1v) is 8.88. The van der Waals surface area contributed by atoms with Gasteiger partial charge in [0.1, 0.15) is 5.82 Å². The molecular formula is C18H14ClFN2O3S. The number of benzene rings is 2. The Hall–Kier alpha value is -2.64. The second-order valence-corrected chi connectivity index (χ2v) is 6.81. The number of halogens is 2. The standard InChI is InChI=1S/C18H14ClFN2O3S/c19-11-3-1-6-14(7-11)22-17(24)9-15(18(22)25)26-10-16(23)21-13-5-2-4-12(20)8-13/h1-9,24-25H,10H2,(H,21,23). The highest BCUT2D eigenvalue weighted by Crippen LogP contribution is 2.38. The number of aromatic nitrogens is 1. The number of amides is 1. The van der Waals surface area contributed by atoms with E-state index in [1.807, 2.05) is 0 Å². The molecule has 0 radical (unpaired) electrons. The van der Waals surface area contributed by atoms with Crippen molar-refractivity contribution < 1.29 is 19.4 Å². The molecule has 0 atom stereocenters. The quantitative estimate of drug-likeness (QED) is 0.562. The zero-order chi connectivity index (χ0) is 18.7. The van der Waals surface area contributed by atoms with Crippen molar-refractivity contribution in [3.05, 3.63) is 65.4 Å². The number of anilines is 1. The summed E-state index contributed by atoms with van der Waals surface area (Å²) >= 11 is 6.98. The Morgan fingerprint density at radius 3 is 2.65 bits per heavy atom. The van der Waals surface area contributed by atoms with E-state index in [-0.39, 0.29) is 23.4 Å². The van der Waals surface area contributed by atoms with Crippen molar-refractivity contribution in [1.82, 2.24) is 4.57 Å². The number of aromatic hydroxyl groups is 2. The van der Waals surface area contributed by atoms with Crippen molar-refractivity contribution in [2.45, 2.75) is 4.90 Å². The number of nitrogens with zero attached hydrogens (tertiary/aromatic N) is 1. The fourth-order valence-electron chi connectivity index (χ4n) is 2.35. The molecule has 0 aliphatic rings. The zero-order valence-corrected chi connectivity index (χ0v) is 14.9. The lowest BCUT2D eigenvalue weighted by Gasteiger charge is -2.08. The van der Waals surface area contributed by atoms with Crippen molar-refractivity contribution in [3.63, 3.8) is 0 Å². The van der Waals surface area contributed by atoms with Gasteiger partial charge in [-0.2, -0.15) is 0 Å². The number of nitrogens with one attached hydrogen (secondary N) is 1. The van der Waals surface area contributed by atoms with Gasteiger partial charge in [-0.1, -0.05) is 23.7 Å². The molecule has 0 saturated carbocycles. The van der Waals surface area contributed by atoms with E-state index in [1.54, 1.807) is 30.3 Å². The predicted molar refractivity (Wildman–Crippen MR) is 99.9 cm³/mol. The molecule has 1 amide bonds. The SMILES string of the molecule is O=C(CSc1cc(O)n(-c2cccc(Cl)c2)c1O)Nc1cccc(F)c1. The van der Waals surface area contributed by atoms with Crippen LogP contribution in [0.5, 0.6) is 11.8 Å². The van der Waals surface area contributed by atoms with Crippen LogP contribution < -0.4 is 5.32 Å². The van der Waals surface area contributed by atoms with Crippen LogP contribution in [0.25, 0.3) is 5.69 Å². The third-order valence-electron chi connectivity index (χ3n) is 3.46. The van der Waals surface area contributed by atoms with Crippen molar-refractivity contribution in [2.75, 3.05) is 11.1 Å². The van der Waals surface area contributed by atoms with Gasteiger partial charge in [0, 0.05) is 16.8 Å². The van der Waals surface area contributed by atoms with Gasteiger partial charge in [-0.05, 0) is 36.4 Å². The molecule has 3 aromatic rings. The van der Waals surface area contributed by atoms with Crippen LogP contribution in [0.15, 0.2) is 59.5 Å². The van der Waals surface area contributed by atoms with E-state index in [2.05, 4.69) is 5.32 Å². The van der Waals surface area contributed by atoms with Crippen LogP contribution in [0, 0.1) is 5.82 Å². The molecule has 1 aromatic heterocycles. The molecule has 1 heterocycles. The van der Waals surface area contributed by atoms with E-state index in [9.17, 15) is 19.4 Å². The molecule has 5 nitrogen and oxygen atoms in total. The maximum atomic E-state index is 13.1. The predicted octanol–water partition coefficient (Wildman–Crippen LogP) is 4.41. The molecule has 0 unspecified atom stereocenters. The van der Waals surface area contributed by atoms with Gasteiger partial charge in [0.2, 0.25) is 11.8 Å². The minimum atomic E-state index is -0.448. The minimum absolute atomic E-state index is 0.0247. The highest BCUT2D eigenvalue weighted by Gasteiger charge is 2.17. The van der Waals surface area contributed by atoms with Crippen molar-refractivity contribution in [2.24, 2.45) is 0 Å². The van der Waals surface area contributed by atoms with Gasteiger partial charge in [-0.25, -0.2) is 4.39 Å². The summed E-state index contributed by atoms with van der Waals surface area (Å²) in [6.07, 6.45) is 0. The molecule has 0 fully saturated rings. The largest absolute Gasteiger partial charge is 0.494 e. The van der Waals surface area contributed by atoms with Gasteiger partial charge in [-0.15, -0.1) is 11.8 Å². The maximum absolute atomic E-state index is 13.1. The first-order chi connectivity index (χ1) is 12.4. The topological polar surface area (TPSA) is 74.5 Å². The van der Waals surface area contributed by atoms with Crippen molar-refractivity contribution in [3.8, 4) is 17.4 Å². The zero-order valence-electron chi connectivity index (χ0n) is 13.3. The number of carbonyl (C=O) groups excluding carboxylic acids is 1. The fraction of sp³-hybridized carbons (Fsp3) is 0.0556. The van der Waals surface area contributed by atoms with Gasteiger partial charge < -0.3 is 15.5 Å². The van der Waals surface area contributed by atoms with Crippen LogP contribution in [0.3, 0.4) is 0 Å². The monoisotopic (exact) mass is 392 g/mol. The highest BCUT2D eigenvalue weighted by atomic mass is 35.5. The van der Waals surface area contributed by atoms with E-state index in [0.717, 1.165) is 11.8 Å². The molecule has 134 valence electrons. The average molecular weight is 393 g/mol. The fourth-order valence-corrected chi connectivity index (χ4v) is 3.30. The van der Waals surface area contributed by atoms with Crippen molar-refractivity contribution in [1.29, 1.82) is 0 Å². The number of hydrogen-bond acceptors (Lipinski definition) is 4. The summed E-state index contributed by atoms with van der Waals surface area (Å²) in [4.78, 5) is 12.3. The lowest BCUT2D eigenvalue weighted by atomic mass is 10.3. The molecule has 3 rings (SSSR count). The van der Waals surface area contributed by atoms with Crippen LogP contribution in [-0.4, -0.2) is 26.4 Å². The van der Waals surface area contributed by atoms with E-state index < -0.39 is 5.82 Å². The van der Waals surface area contributed by atoms with Gasteiger partial charge in [0.25, 0.3) is 0 Å². The third kappa shape index (κ3) is 4.12. The Morgan fingerprint density at radius 1 is 1.15 bits per heavy atom. The minimum Gasteiger partial charge on any atom is -0.494 e. The number of hydrogen-bond donors (Lipinski definition) is 3. The highest BCUT2D eigenvalue weighted by molar-refractivity contribution is 8.00. The Labute approximate surface area is 158 Å². The van der Waals surface area contributed by atoms with Crippen LogP contribution in [0.1, 0.15) is 0 Å². The Balaban J connectivity index is 1.71. The normalized spacial score (nSPS) is 10.7. The first-order valence-electron chi connectivity index (χ1n) is 7.52. The average Bonchev–Trinajstić information content (AvgIpc) is 2.87. The Kier molecular flexibility index (Phi) is 5.39. The summed E-state index contributed by atoms with van der Waals surface area (Å²) in [7, 11) is 0. The molecule has 2 aromatic carbocycles. The van der Waals surface area contributed by atoms with Crippen LogP contribution in [0.4, 0.5) is 10.1 Å². The van der Waals surface area contributed by atoms with Gasteiger partial charge in [0.05, 0.1) is 16.3 Å². The number of rotatable bonds is 5. The summed E-state index contributed by atoms with van der Waals surface area (Å²) in [6, 6.07) is 13.5. The molecule has 0 bridgehead atoms. The molecule has 0 spiro atoms. The molecule has 8 heteroatoms. The summed E-state index contributed by atoms with van der Waals surface area (Å²) in [5, 5.41) is 23.5. The van der Waals surface area contributed by atoms with E-state index in [1.165, 1.54) is 28.8 Å². The second-order valence-electron chi connectivity index (χ2n) is 5.35. The summed E-state index contributed by atoms with van der Waals surface area (Å²) in [5.74, 6) is -1.22. The molecule has 3 N–H and O–H groups in total. The smallest absolute Gasteiger partial charge is 0.234 e. The van der Waals surface area contributed by atoms with Crippen LogP contribution in [0.2, 0.25) is 5.02 Å². The van der Waals surface area contributed by atoms with E-state index in [4.69, 9.17) is 11.6 Å². The van der Waals surface area contributed by atoms with E-state index in [0.29, 0.717) is 21.3 Å². The molecule has 0 aliphatic heterocycles. The third-order valence-corrected chi connectivity index (χ3v) is 4.71. The van der Waals surface area contributed by atoms with Gasteiger partial charge in [0.15, 0.2) is 5.88 Å². The van der Waals surface area contributed by atoms with Crippen LogP contribution in [-0.2, 0) is 4.79 Å². The molecule has 26 heavy (non-hydrogen) atoms. The maximum Gasteiger partial charge on any atom is 0.234 e. The lowest BCUT2D eigenvalue weighted by Crippen LogP contribution is -2.13. The van der Waals surface area contributed by atoms with Crippen LogP contribution >= 0.6 is 23.4 Å². The second kappa shape index (κ2) is 7.72. The summed E-state index contributed by atoms with van der Waals surface area (Å²) in [6.45, 7) is 0. The Bertz CT molecular complexity index is 961. The molecular weight excluding hydrogens is 379 g/mol. The number of thioether (sulfide) groups is 1. The molecule has 0 saturated heterocycles. The summed E-state index contributed by atoms with van der Waals surface area (Å²) in [5.41, 5.74) is 0.836. The summed E-state index contributed by atoms with van der Waals surface area (Å²) < 4.78 is 14.3. The van der Waals surface area contributed by atoms with E-state index >= 15 is 0 Å². The van der Waals surface area contributed by atoms with Gasteiger partial charge >= 0.3 is 0 Å². The lowest BCUT2D eigenvalue weighted by molar-refractivity contribution is -0.113. The Morgan fingerprint density at radius 2 is 1.92 bits per heavy atom.